The van der Waals surface area contributed by atoms with E-state index < -0.39 is 0 Å². The average molecular weight is 685 g/mol. The summed E-state index contributed by atoms with van der Waals surface area (Å²) in [5.41, 5.74) is 4.57. The smallest absolute Gasteiger partial charge is 0.203 e. The van der Waals surface area contributed by atoms with Crippen molar-refractivity contribution in [3.8, 4) is 50.8 Å². The Balaban J connectivity index is 0.987. The van der Waals surface area contributed by atoms with Crippen molar-refractivity contribution in [2.45, 2.75) is 31.8 Å². The average Bonchev–Trinajstić information content (AvgIpc) is 3.82. The van der Waals surface area contributed by atoms with Gasteiger partial charge in [-0.05, 0) is 79.4 Å². The van der Waals surface area contributed by atoms with Crippen molar-refractivity contribution in [1.29, 1.82) is 0 Å². The maximum Gasteiger partial charge on any atom is 0.203 e. The van der Waals surface area contributed by atoms with Gasteiger partial charge >= 0.3 is 0 Å². The number of para-hydroxylation sites is 1. The van der Waals surface area contributed by atoms with Crippen LogP contribution < -0.4 is 33.2 Å². The highest BCUT2D eigenvalue weighted by atomic mass is 32.1. The second kappa shape index (κ2) is 15.8. The minimum absolute atomic E-state index is 0.272. The molecule has 4 aromatic carbocycles. The standard InChI is InChI=1S/C38H40N2O8S/c1-41-29-15-13-24(31-23-28(40-48-31)26-21-34(43-3)37(45-5)35(22-26)44-4)19-33(29)47-18-10-6-9-17-46-30-16-14-25(20-32(30)42-2)38-39-27-11-7-8-12-36(27)49-38/h7-8,11-16,19-22,31H,6,9-10,17-18,23H2,1-5H3. The van der Waals surface area contributed by atoms with Gasteiger partial charge in [0.15, 0.2) is 40.6 Å². The van der Waals surface area contributed by atoms with Gasteiger partial charge < -0.3 is 38.0 Å². The summed E-state index contributed by atoms with van der Waals surface area (Å²) in [4.78, 5) is 10.6. The lowest BCUT2D eigenvalue weighted by Gasteiger charge is -2.15. The summed E-state index contributed by atoms with van der Waals surface area (Å²) < 4.78 is 41.1. The lowest BCUT2D eigenvalue weighted by Crippen LogP contribution is -2.05. The van der Waals surface area contributed by atoms with Crippen LogP contribution >= 0.6 is 11.3 Å². The van der Waals surface area contributed by atoms with Gasteiger partial charge in [0.05, 0.1) is 64.7 Å². The van der Waals surface area contributed by atoms with Crippen LogP contribution in [-0.2, 0) is 4.84 Å². The SMILES string of the molecule is COc1cc(-c2nc3ccccc3s2)ccc1OCCCCCOc1cc(C2CC(c3cc(OC)c(OC)c(OC)c3)=NO2)ccc1OC. The number of thiazole rings is 1. The molecule has 0 amide bonds. The molecule has 0 saturated heterocycles. The number of methoxy groups -OCH3 is 5. The number of oxime groups is 1. The van der Waals surface area contributed by atoms with E-state index in [0.717, 1.165) is 62.6 Å². The zero-order valence-corrected chi connectivity index (χ0v) is 29.1. The van der Waals surface area contributed by atoms with Gasteiger partial charge in [-0.25, -0.2) is 4.98 Å². The molecule has 0 spiro atoms. The molecule has 1 aliphatic rings. The molecule has 49 heavy (non-hydrogen) atoms. The number of benzene rings is 4. The van der Waals surface area contributed by atoms with Crippen LogP contribution in [0.3, 0.4) is 0 Å². The molecule has 0 bridgehead atoms. The minimum Gasteiger partial charge on any atom is -0.493 e. The summed E-state index contributed by atoms with van der Waals surface area (Å²) in [7, 11) is 8.05. The molecule has 2 heterocycles. The molecule has 0 fully saturated rings. The molecule has 10 nitrogen and oxygen atoms in total. The first-order chi connectivity index (χ1) is 24.0. The van der Waals surface area contributed by atoms with Gasteiger partial charge in [0.1, 0.15) is 5.01 Å². The van der Waals surface area contributed by atoms with Crippen molar-refractivity contribution in [2.75, 3.05) is 48.8 Å². The molecule has 1 aromatic heterocycles. The fourth-order valence-corrected chi connectivity index (χ4v) is 6.60. The third-order valence-corrected chi connectivity index (χ3v) is 9.32. The van der Waals surface area contributed by atoms with E-state index in [-0.39, 0.29) is 6.10 Å². The first-order valence-corrected chi connectivity index (χ1v) is 16.9. The fourth-order valence-electron chi connectivity index (χ4n) is 5.64. The topological polar surface area (TPSA) is 99.1 Å². The van der Waals surface area contributed by atoms with E-state index in [1.165, 1.54) is 0 Å². The van der Waals surface area contributed by atoms with Gasteiger partial charge in [-0.1, -0.05) is 23.4 Å². The Morgan fingerprint density at radius 2 is 1.33 bits per heavy atom. The minimum atomic E-state index is -0.272. The highest BCUT2D eigenvalue weighted by Gasteiger charge is 2.27. The second-order valence-corrected chi connectivity index (χ2v) is 12.3. The van der Waals surface area contributed by atoms with E-state index in [0.29, 0.717) is 54.1 Å². The summed E-state index contributed by atoms with van der Waals surface area (Å²) in [6.45, 7) is 1.11. The molecule has 11 heteroatoms. The van der Waals surface area contributed by atoms with Crippen molar-refractivity contribution in [1.82, 2.24) is 4.98 Å². The van der Waals surface area contributed by atoms with Crippen LogP contribution in [0.5, 0.6) is 40.2 Å². The van der Waals surface area contributed by atoms with Crippen LogP contribution in [0.25, 0.3) is 20.8 Å². The number of rotatable bonds is 16. The van der Waals surface area contributed by atoms with Crippen LogP contribution in [0.2, 0.25) is 0 Å². The number of fused-ring (bicyclic) bond motifs is 1. The molecule has 6 rings (SSSR count). The summed E-state index contributed by atoms with van der Waals surface area (Å²) in [5.74, 6) is 4.39. The second-order valence-electron chi connectivity index (χ2n) is 11.3. The van der Waals surface area contributed by atoms with Crippen LogP contribution in [-0.4, -0.2) is 59.5 Å². The monoisotopic (exact) mass is 684 g/mol. The van der Waals surface area contributed by atoms with Crippen molar-refractivity contribution in [3.05, 3.63) is 83.9 Å². The maximum atomic E-state index is 6.17. The molecule has 256 valence electrons. The molecule has 0 radical (unpaired) electrons. The van der Waals surface area contributed by atoms with Crippen LogP contribution in [0.4, 0.5) is 0 Å². The largest absolute Gasteiger partial charge is 0.493 e. The Kier molecular flexibility index (Phi) is 10.9. The zero-order chi connectivity index (χ0) is 34.2. The Bertz CT molecular complexity index is 1870. The zero-order valence-electron chi connectivity index (χ0n) is 28.3. The highest BCUT2D eigenvalue weighted by Crippen LogP contribution is 2.41. The lowest BCUT2D eigenvalue weighted by molar-refractivity contribution is 0.0854. The van der Waals surface area contributed by atoms with Crippen LogP contribution in [0.15, 0.2) is 78.0 Å². The Morgan fingerprint density at radius 3 is 2.02 bits per heavy atom. The third-order valence-electron chi connectivity index (χ3n) is 8.23. The first kappa shape index (κ1) is 33.7. The molecule has 1 aliphatic heterocycles. The molecule has 5 aromatic rings. The molecule has 0 N–H and O–H groups in total. The molecule has 1 unspecified atom stereocenters. The van der Waals surface area contributed by atoms with Crippen molar-refractivity contribution in [2.24, 2.45) is 5.16 Å². The van der Waals surface area contributed by atoms with Gasteiger partial charge in [0.2, 0.25) is 5.75 Å². The summed E-state index contributed by atoms with van der Waals surface area (Å²) in [6.07, 6.45) is 2.97. The number of aromatic nitrogens is 1. The van der Waals surface area contributed by atoms with E-state index in [1.807, 2.05) is 66.7 Å². The number of hydrogen-bond acceptors (Lipinski definition) is 11. The predicted octanol–water partition coefficient (Wildman–Crippen LogP) is 8.50. The molecule has 0 saturated carbocycles. The maximum absolute atomic E-state index is 6.17. The first-order valence-electron chi connectivity index (χ1n) is 16.1. The predicted molar refractivity (Wildman–Crippen MR) is 191 cm³/mol. The van der Waals surface area contributed by atoms with Gasteiger partial charge in [-0.3, -0.25) is 0 Å². The Hall–Kier alpha value is -5.16. The van der Waals surface area contributed by atoms with Gasteiger partial charge in [0.25, 0.3) is 0 Å². The van der Waals surface area contributed by atoms with Gasteiger partial charge in [0, 0.05) is 17.5 Å². The Morgan fingerprint density at radius 1 is 0.653 bits per heavy atom. The number of ether oxygens (including phenoxy) is 7. The van der Waals surface area contributed by atoms with Gasteiger partial charge in [-0.15, -0.1) is 11.3 Å². The highest BCUT2D eigenvalue weighted by molar-refractivity contribution is 7.21. The fraction of sp³-hybridized carbons (Fsp3) is 0.316. The van der Waals surface area contributed by atoms with E-state index in [1.54, 1.807) is 46.9 Å². The quantitative estimate of drug-likeness (QED) is 0.0948. The van der Waals surface area contributed by atoms with Crippen molar-refractivity contribution in [3.63, 3.8) is 0 Å². The van der Waals surface area contributed by atoms with Crippen LogP contribution in [0, 0.1) is 0 Å². The summed E-state index contributed by atoms with van der Waals surface area (Å²) in [6, 6.07) is 23.7. The van der Waals surface area contributed by atoms with E-state index in [2.05, 4.69) is 11.2 Å². The number of hydrogen-bond donors (Lipinski definition) is 0. The van der Waals surface area contributed by atoms with Crippen molar-refractivity contribution < 1.29 is 38.0 Å². The van der Waals surface area contributed by atoms with E-state index in [9.17, 15) is 0 Å². The Labute approximate surface area is 290 Å². The van der Waals surface area contributed by atoms with Crippen LogP contribution in [0.1, 0.15) is 42.9 Å². The van der Waals surface area contributed by atoms with Gasteiger partial charge in [-0.2, -0.15) is 0 Å². The third kappa shape index (κ3) is 7.62. The molecular formula is C38H40N2O8S. The molecule has 1 atom stereocenters. The summed E-state index contributed by atoms with van der Waals surface area (Å²) in [5, 5.41) is 5.33. The number of unbranched alkanes of at least 4 members (excludes halogenated alkanes) is 2. The molecule has 0 aliphatic carbocycles. The lowest BCUT2D eigenvalue weighted by atomic mass is 9.99. The van der Waals surface area contributed by atoms with E-state index in [4.69, 9.17) is 43.0 Å². The van der Waals surface area contributed by atoms with Crippen molar-refractivity contribution >= 4 is 27.3 Å². The number of nitrogens with zero attached hydrogens (tertiary/aromatic N) is 2. The summed E-state index contributed by atoms with van der Waals surface area (Å²) >= 11 is 1.66. The van der Waals surface area contributed by atoms with E-state index >= 15 is 0 Å². The molecular weight excluding hydrogens is 644 g/mol. The normalized spacial score (nSPS) is 13.8.